The number of nitrogens with two attached hydrogens (primary N) is 1. The molecule has 1 fully saturated rings. The van der Waals surface area contributed by atoms with Gasteiger partial charge in [0.15, 0.2) is 0 Å². The Morgan fingerprint density at radius 1 is 1.19 bits per heavy atom. The molecule has 0 amide bonds. The maximum atomic E-state index is 6.24. The first-order valence-electron chi connectivity index (χ1n) is 8.30. The Bertz CT molecular complexity index is 404. The van der Waals surface area contributed by atoms with Crippen LogP contribution >= 0.6 is 0 Å². The average molecular weight is 291 g/mol. The largest absolute Gasteiger partial charge is 0.494 e. The standard InChI is InChI=1S/C18H29NO2/c1-3-12-20-16-10-8-15(9-11-16)17(19)13-21-18-7-5-4-6-14(18)2/h8-11,14,17-18H,3-7,12-13,19H2,1-2H3. The Kier molecular flexibility index (Phi) is 6.52. The van der Waals surface area contributed by atoms with Crippen LogP contribution in [0.4, 0.5) is 0 Å². The lowest BCUT2D eigenvalue weighted by molar-refractivity contribution is -0.0113. The molecule has 0 aromatic heterocycles. The van der Waals surface area contributed by atoms with Gasteiger partial charge in [-0.05, 0) is 42.9 Å². The fraction of sp³-hybridized carbons (Fsp3) is 0.667. The van der Waals surface area contributed by atoms with Crippen molar-refractivity contribution in [2.45, 2.75) is 58.1 Å². The monoisotopic (exact) mass is 291 g/mol. The second-order valence-corrected chi connectivity index (χ2v) is 6.16. The summed E-state index contributed by atoms with van der Waals surface area (Å²) in [6, 6.07) is 8.02. The maximum absolute atomic E-state index is 6.24. The van der Waals surface area contributed by atoms with E-state index in [0.29, 0.717) is 18.6 Å². The predicted molar refractivity (Wildman–Crippen MR) is 86.5 cm³/mol. The Morgan fingerprint density at radius 3 is 2.57 bits per heavy atom. The van der Waals surface area contributed by atoms with Crippen LogP contribution in [0.3, 0.4) is 0 Å². The molecular weight excluding hydrogens is 262 g/mol. The van der Waals surface area contributed by atoms with Crippen LogP contribution in [0.1, 0.15) is 57.6 Å². The highest BCUT2D eigenvalue weighted by molar-refractivity contribution is 5.29. The van der Waals surface area contributed by atoms with Crippen molar-refractivity contribution in [3.8, 4) is 5.75 Å². The highest BCUT2D eigenvalue weighted by Crippen LogP contribution is 2.27. The third kappa shape index (κ3) is 5.01. The normalized spacial score (nSPS) is 23.8. The number of hydrogen-bond acceptors (Lipinski definition) is 3. The Labute approximate surface area is 128 Å². The van der Waals surface area contributed by atoms with Crippen LogP contribution in [0.15, 0.2) is 24.3 Å². The average Bonchev–Trinajstić information content (AvgIpc) is 2.52. The summed E-state index contributed by atoms with van der Waals surface area (Å²) in [5, 5.41) is 0. The zero-order chi connectivity index (χ0) is 15.1. The predicted octanol–water partition coefficient (Wildman–Crippen LogP) is 4.07. The van der Waals surface area contributed by atoms with Gasteiger partial charge in [0.25, 0.3) is 0 Å². The highest BCUT2D eigenvalue weighted by atomic mass is 16.5. The second kappa shape index (κ2) is 8.40. The zero-order valence-electron chi connectivity index (χ0n) is 13.4. The molecule has 118 valence electrons. The molecular formula is C18H29NO2. The van der Waals surface area contributed by atoms with Gasteiger partial charge in [-0.2, -0.15) is 0 Å². The minimum absolute atomic E-state index is 0.0562. The van der Waals surface area contributed by atoms with Crippen molar-refractivity contribution in [2.24, 2.45) is 11.7 Å². The van der Waals surface area contributed by atoms with Crippen molar-refractivity contribution in [2.75, 3.05) is 13.2 Å². The van der Waals surface area contributed by atoms with Crippen molar-refractivity contribution in [3.63, 3.8) is 0 Å². The molecule has 1 saturated carbocycles. The molecule has 3 heteroatoms. The van der Waals surface area contributed by atoms with Crippen molar-refractivity contribution in [1.29, 1.82) is 0 Å². The van der Waals surface area contributed by atoms with Crippen LogP contribution in [0, 0.1) is 5.92 Å². The molecule has 0 aliphatic heterocycles. The van der Waals surface area contributed by atoms with Gasteiger partial charge in [-0.15, -0.1) is 0 Å². The molecule has 1 aromatic carbocycles. The van der Waals surface area contributed by atoms with Gasteiger partial charge in [-0.25, -0.2) is 0 Å². The first-order chi connectivity index (χ1) is 10.2. The molecule has 2 N–H and O–H groups in total. The van der Waals surface area contributed by atoms with Gasteiger partial charge < -0.3 is 15.2 Å². The van der Waals surface area contributed by atoms with Crippen LogP contribution in [0.5, 0.6) is 5.75 Å². The maximum Gasteiger partial charge on any atom is 0.119 e. The lowest BCUT2D eigenvalue weighted by Gasteiger charge is -2.29. The number of rotatable bonds is 7. The number of benzene rings is 1. The van der Waals surface area contributed by atoms with E-state index in [-0.39, 0.29) is 6.04 Å². The van der Waals surface area contributed by atoms with Crippen molar-refractivity contribution < 1.29 is 9.47 Å². The first-order valence-corrected chi connectivity index (χ1v) is 8.30. The van der Waals surface area contributed by atoms with E-state index in [0.717, 1.165) is 24.3 Å². The van der Waals surface area contributed by atoms with E-state index < -0.39 is 0 Å². The lowest BCUT2D eigenvalue weighted by Crippen LogP contribution is -2.29. The molecule has 1 aliphatic rings. The summed E-state index contributed by atoms with van der Waals surface area (Å²) in [6.45, 7) is 5.75. The third-order valence-electron chi connectivity index (χ3n) is 4.30. The van der Waals surface area contributed by atoms with E-state index in [1.54, 1.807) is 0 Å². The first kappa shape index (κ1) is 16.3. The second-order valence-electron chi connectivity index (χ2n) is 6.16. The Morgan fingerprint density at radius 2 is 1.90 bits per heavy atom. The summed E-state index contributed by atoms with van der Waals surface area (Å²) in [4.78, 5) is 0. The molecule has 0 radical (unpaired) electrons. The minimum Gasteiger partial charge on any atom is -0.494 e. The molecule has 3 nitrogen and oxygen atoms in total. The lowest BCUT2D eigenvalue weighted by atomic mass is 9.88. The summed E-state index contributed by atoms with van der Waals surface area (Å²) >= 11 is 0. The van der Waals surface area contributed by atoms with Crippen molar-refractivity contribution in [1.82, 2.24) is 0 Å². The fourth-order valence-electron chi connectivity index (χ4n) is 2.88. The highest BCUT2D eigenvalue weighted by Gasteiger charge is 2.22. The van der Waals surface area contributed by atoms with Crippen molar-refractivity contribution >= 4 is 0 Å². The molecule has 1 aromatic rings. The van der Waals surface area contributed by atoms with E-state index in [4.69, 9.17) is 15.2 Å². The van der Waals surface area contributed by atoms with E-state index >= 15 is 0 Å². The van der Waals surface area contributed by atoms with Gasteiger partial charge >= 0.3 is 0 Å². The summed E-state index contributed by atoms with van der Waals surface area (Å²) in [5.41, 5.74) is 7.36. The van der Waals surface area contributed by atoms with Crippen LogP contribution < -0.4 is 10.5 Å². The Balaban J connectivity index is 1.80. The SMILES string of the molecule is CCCOc1ccc(C(N)COC2CCCCC2C)cc1. The van der Waals surface area contributed by atoms with Crippen molar-refractivity contribution in [3.05, 3.63) is 29.8 Å². The Hall–Kier alpha value is -1.06. The molecule has 3 atom stereocenters. The van der Waals surface area contributed by atoms with Gasteiger partial charge in [0, 0.05) is 0 Å². The zero-order valence-corrected chi connectivity index (χ0v) is 13.4. The van der Waals surface area contributed by atoms with E-state index in [9.17, 15) is 0 Å². The smallest absolute Gasteiger partial charge is 0.119 e. The summed E-state index contributed by atoms with van der Waals surface area (Å²) in [6.07, 6.45) is 6.49. The van der Waals surface area contributed by atoms with E-state index in [1.165, 1.54) is 25.7 Å². The number of ether oxygens (including phenoxy) is 2. The molecule has 3 unspecified atom stereocenters. The quantitative estimate of drug-likeness (QED) is 0.823. The molecule has 0 bridgehead atoms. The van der Waals surface area contributed by atoms with Gasteiger partial charge in [-0.3, -0.25) is 0 Å². The van der Waals surface area contributed by atoms with Crippen LogP contribution in [0.25, 0.3) is 0 Å². The topological polar surface area (TPSA) is 44.5 Å². The van der Waals surface area contributed by atoms with Gasteiger partial charge in [-0.1, -0.05) is 38.8 Å². The summed E-state index contributed by atoms with van der Waals surface area (Å²) in [5.74, 6) is 1.57. The van der Waals surface area contributed by atoms with Crippen LogP contribution in [-0.2, 0) is 4.74 Å². The van der Waals surface area contributed by atoms with E-state index in [1.807, 2.05) is 24.3 Å². The third-order valence-corrected chi connectivity index (χ3v) is 4.30. The molecule has 2 rings (SSSR count). The molecule has 1 aliphatic carbocycles. The molecule has 0 spiro atoms. The number of hydrogen-bond donors (Lipinski definition) is 1. The van der Waals surface area contributed by atoms with Crippen LogP contribution in [0.2, 0.25) is 0 Å². The minimum atomic E-state index is -0.0562. The molecule has 21 heavy (non-hydrogen) atoms. The van der Waals surface area contributed by atoms with Crippen LogP contribution in [-0.4, -0.2) is 19.3 Å². The van der Waals surface area contributed by atoms with Gasteiger partial charge in [0.2, 0.25) is 0 Å². The molecule has 0 saturated heterocycles. The van der Waals surface area contributed by atoms with Gasteiger partial charge in [0.05, 0.1) is 25.4 Å². The summed E-state index contributed by atoms with van der Waals surface area (Å²) in [7, 11) is 0. The van der Waals surface area contributed by atoms with Gasteiger partial charge in [0.1, 0.15) is 5.75 Å². The van der Waals surface area contributed by atoms with E-state index in [2.05, 4.69) is 13.8 Å². The summed E-state index contributed by atoms with van der Waals surface area (Å²) < 4.78 is 11.6. The molecule has 0 heterocycles. The fourth-order valence-corrected chi connectivity index (χ4v) is 2.88.